The van der Waals surface area contributed by atoms with Gasteiger partial charge in [-0.1, -0.05) is 137 Å². The molecule has 8 aromatic rings. The summed E-state index contributed by atoms with van der Waals surface area (Å²) in [5.74, 6) is 0.941. The van der Waals surface area contributed by atoms with Crippen molar-refractivity contribution in [2.24, 2.45) is 0 Å². The quantitative estimate of drug-likeness (QED) is 0.154. The van der Waals surface area contributed by atoms with Crippen LogP contribution in [0.2, 0.25) is 0 Å². The molecule has 0 saturated heterocycles. The zero-order valence-electron chi connectivity index (χ0n) is 37.4. The number of aromatic hydroxyl groups is 1. The number of hydrogen-bond acceptors (Lipinski definition) is 4. The fraction of sp³-hybridized carbons (Fsp3) is 0.214. The number of anilines is 1. The summed E-state index contributed by atoms with van der Waals surface area (Å²) in [6, 6.07) is 50.4. The molecule has 62 heavy (non-hydrogen) atoms. The Morgan fingerprint density at radius 2 is 1.35 bits per heavy atom. The summed E-state index contributed by atoms with van der Waals surface area (Å²) in [5.41, 5.74) is 16.6. The Kier molecular flexibility index (Phi) is 12.3. The first-order valence-electron chi connectivity index (χ1n) is 21.1. The van der Waals surface area contributed by atoms with E-state index >= 15 is 0 Å². The minimum Gasteiger partial charge on any atom is -0.507 e. The molecule has 2 heterocycles. The van der Waals surface area contributed by atoms with Gasteiger partial charge in [0.2, 0.25) is 0 Å². The first kappa shape index (κ1) is 44.0. The number of para-hydroxylation sites is 3. The van der Waals surface area contributed by atoms with Crippen molar-refractivity contribution in [1.29, 1.82) is 0 Å². The summed E-state index contributed by atoms with van der Waals surface area (Å²) in [5, 5.41) is 12.2. The minimum atomic E-state index is -0.300. The third-order valence-corrected chi connectivity index (χ3v) is 11.7. The molecule has 0 saturated carbocycles. The number of aryl methyl sites for hydroxylation is 2. The minimum absolute atomic E-state index is 0. The molecule has 6 heteroatoms. The average Bonchev–Trinajstić information content (AvgIpc) is 3.63. The Labute approximate surface area is 382 Å². The number of imidazole rings is 1. The third kappa shape index (κ3) is 8.69. The van der Waals surface area contributed by atoms with E-state index in [0.29, 0.717) is 11.4 Å². The van der Waals surface area contributed by atoms with Gasteiger partial charge < -0.3 is 10.0 Å². The van der Waals surface area contributed by atoms with E-state index in [1.807, 2.05) is 30.5 Å². The Bertz CT molecular complexity index is 2910. The van der Waals surface area contributed by atoms with Gasteiger partial charge in [-0.05, 0) is 107 Å². The molecule has 2 aromatic heterocycles. The van der Waals surface area contributed by atoms with Gasteiger partial charge in [0.15, 0.2) is 0 Å². The van der Waals surface area contributed by atoms with Gasteiger partial charge >= 0.3 is 0 Å². The zero-order valence-corrected chi connectivity index (χ0v) is 39.7. The molecule has 1 N–H and O–H groups in total. The first-order valence-corrected chi connectivity index (χ1v) is 21.1. The van der Waals surface area contributed by atoms with E-state index in [0.717, 1.165) is 72.6 Å². The molecule has 0 radical (unpaired) electrons. The van der Waals surface area contributed by atoms with Crippen LogP contribution in [0.4, 0.5) is 5.69 Å². The van der Waals surface area contributed by atoms with Crippen molar-refractivity contribution in [1.82, 2.24) is 14.5 Å². The molecule has 0 spiro atoms. The van der Waals surface area contributed by atoms with Gasteiger partial charge in [0, 0.05) is 63.1 Å². The van der Waals surface area contributed by atoms with E-state index in [-0.39, 0.29) is 37.6 Å². The van der Waals surface area contributed by atoms with Gasteiger partial charge in [-0.2, -0.15) is 0 Å². The van der Waals surface area contributed by atoms with Crippen LogP contribution in [0.15, 0.2) is 146 Å². The van der Waals surface area contributed by atoms with Gasteiger partial charge in [-0.3, -0.25) is 9.55 Å². The van der Waals surface area contributed by atoms with E-state index in [9.17, 15) is 5.11 Å². The van der Waals surface area contributed by atoms with E-state index in [2.05, 4.69) is 200 Å². The second kappa shape index (κ2) is 17.4. The van der Waals surface area contributed by atoms with Gasteiger partial charge in [0.05, 0.1) is 16.6 Å². The number of phenols is 1. The van der Waals surface area contributed by atoms with Crippen LogP contribution >= 0.6 is 0 Å². The number of benzene rings is 6. The van der Waals surface area contributed by atoms with Crippen molar-refractivity contribution in [3.05, 3.63) is 180 Å². The molecule has 0 unspecified atom stereocenters. The monoisotopic (exact) mass is 994 g/mol. The molecule has 0 fully saturated rings. The van der Waals surface area contributed by atoms with Crippen LogP contribution in [-0.4, -0.2) is 26.7 Å². The largest absolute Gasteiger partial charge is 0.507 e. The summed E-state index contributed by atoms with van der Waals surface area (Å²) in [6.07, 6.45) is 4.06. The van der Waals surface area contributed by atoms with Crippen molar-refractivity contribution in [3.63, 3.8) is 0 Å². The second-order valence-electron chi connectivity index (χ2n) is 18.4. The van der Waals surface area contributed by atoms with Crippen LogP contribution in [-0.2, 0) is 31.9 Å². The fourth-order valence-electron chi connectivity index (χ4n) is 8.34. The Morgan fingerprint density at radius 3 is 2.02 bits per heavy atom. The maximum absolute atomic E-state index is 12.2. The van der Waals surface area contributed by atoms with Gasteiger partial charge in [-0.25, -0.2) is 4.98 Å². The fourth-order valence-corrected chi connectivity index (χ4v) is 8.34. The van der Waals surface area contributed by atoms with Crippen LogP contribution in [0.1, 0.15) is 76.3 Å². The number of allylic oxidation sites excluding steroid dienone is 1. The van der Waals surface area contributed by atoms with Crippen molar-refractivity contribution in [3.8, 4) is 56.3 Å². The van der Waals surface area contributed by atoms with Gasteiger partial charge in [0.1, 0.15) is 11.6 Å². The molecule has 0 amide bonds. The van der Waals surface area contributed by atoms with Crippen molar-refractivity contribution >= 4 is 22.3 Å². The predicted octanol–water partition coefficient (Wildman–Crippen LogP) is 14.3. The van der Waals surface area contributed by atoms with Crippen LogP contribution in [0.3, 0.4) is 0 Å². The molecule has 5 nitrogen and oxygen atoms in total. The number of phenolic OH excluding ortho intramolecular Hbond substituents is 1. The standard InChI is InChI=1S/C56H55N4O.Pt/c1-36-19-17-20-37(2)51(36)42-30-40(29-41(31-42)49-32-39(27-28-57-49)38(3)35-59(10)44-21-13-11-14-22-44)46-25-18-26-50-52(46)58-54(60(50)45-23-15-12-16-24-45)47-33-43(55(4,5)6)34-48(53(47)61)56(7,8)9;/h11-28,30-35,61H,1-10H3;/q-1;/b38-35-;. The normalized spacial score (nSPS) is 12.1. The smallest absolute Gasteiger partial charge is 0.148 e. The summed E-state index contributed by atoms with van der Waals surface area (Å²) >= 11 is 0. The van der Waals surface area contributed by atoms with Crippen molar-refractivity contribution in [2.75, 3.05) is 11.9 Å². The van der Waals surface area contributed by atoms with Crippen molar-refractivity contribution in [2.45, 2.75) is 73.1 Å². The molecule has 0 aliphatic heterocycles. The van der Waals surface area contributed by atoms with E-state index < -0.39 is 0 Å². The molecule has 0 aliphatic carbocycles. The molecule has 0 atom stereocenters. The van der Waals surface area contributed by atoms with Crippen LogP contribution in [0, 0.1) is 19.9 Å². The third-order valence-electron chi connectivity index (χ3n) is 11.7. The summed E-state index contributed by atoms with van der Waals surface area (Å²) < 4.78 is 2.19. The van der Waals surface area contributed by atoms with Crippen LogP contribution < -0.4 is 4.90 Å². The van der Waals surface area contributed by atoms with Crippen LogP contribution in [0.25, 0.3) is 67.2 Å². The van der Waals surface area contributed by atoms with Gasteiger partial charge in [0.25, 0.3) is 0 Å². The number of pyridine rings is 1. The van der Waals surface area contributed by atoms with Crippen molar-refractivity contribution < 1.29 is 26.2 Å². The summed E-state index contributed by atoms with van der Waals surface area (Å²) in [4.78, 5) is 12.6. The first-order chi connectivity index (χ1) is 29.1. The number of fused-ring (bicyclic) bond motifs is 1. The SMILES string of the molecule is C/C(=C/N(C)c1ccccc1)c1ccnc(-c2[c-]c(-c3cccc4c3nc(-c3cc(C(C)(C)C)cc(C(C)(C)C)c3O)n4-c3ccccc3)cc(-c3c(C)cccc3C)c2)c1.[Pt]. The Morgan fingerprint density at radius 1 is 0.710 bits per heavy atom. The number of rotatable bonds is 8. The average molecular weight is 995 g/mol. The molecular formula is C56H55N4OPt-. The predicted molar refractivity (Wildman–Crippen MR) is 256 cm³/mol. The number of hydrogen-bond donors (Lipinski definition) is 1. The zero-order chi connectivity index (χ0) is 43.2. The molecular weight excluding hydrogens is 940 g/mol. The summed E-state index contributed by atoms with van der Waals surface area (Å²) in [7, 11) is 2.08. The maximum Gasteiger partial charge on any atom is 0.148 e. The number of aromatic nitrogens is 3. The van der Waals surface area contributed by atoms with E-state index in [1.165, 1.54) is 16.7 Å². The second-order valence-corrected chi connectivity index (χ2v) is 18.4. The topological polar surface area (TPSA) is 54.2 Å². The maximum atomic E-state index is 12.2. The summed E-state index contributed by atoms with van der Waals surface area (Å²) in [6.45, 7) is 19.6. The van der Waals surface area contributed by atoms with Crippen LogP contribution in [0.5, 0.6) is 5.75 Å². The molecule has 8 rings (SSSR count). The molecule has 0 bridgehead atoms. The Hall–Kier alpha value is -6.03. The Balaban J connectivity index is 0.00000578. The van der Waals surface area contributed by atoms with E-state index in [4.69, 9.17) is 9.97 Å². The van der Waals surface area contributed by atoms with Gasteiger partial charge in [-0.15, -0.1) is 23.8 Å². The van der Waals surface area contributed by atoms with E-state index in [1.54, 1.807) is 0 Å². The molecule has 316 valence electrons. The number of nitrogens with zero attached hydrogens (tertiary/aromatic N) is 4. The molecule has 6 aromatic carbocycles. The molecule has 0 aliphatic rings.